The average molecular weight is 381 g/mol. The minimum atomic E-state index is -0.0780. The topological polar surface area (TPSA) is 46.9 Å². The van der Waals surface area contributed by atoms with Crippen molar-refractivity contribution in [3.8, 4) is 0 Å². The van der Waals surface area contributed by atoms with Crippen LogP contribution in [-0.2, 0) is 11.3 Å². The molecule has 4 aromatic rings. The van der Waals surface area contributed by atoms with Crippen molar-refractivity contribution < 1.29 is 4.79 Å². The van der Waals surface area contributed by atoms with Crippen LogP contribution >= 0.6 is 0 Å². The number of benzene rings is 3. The number of para-hydroxylation sites is 2. The van der Waals surface area contributed by atoms with E-state index in [0.717, 1.165) is 33.7 Å². The number of nitrogens with one attached hydrogen (secondary N) is 1. The molecule has 1 amide bonds. The van der Waals surface area contributed by atoms with Gasteiger partial charge in [0, 0.05) is 5.69 Å². The highest BCUT2D eigenvalue weighted by Gasteiger charge is 2.12. The maximum Gasteiger partial charge on any atom is 0.244 e. The molecular weight excluding hydrogens is 358 g/mol. The molecule has 0 aliphatic carbocycles. The molecule has 0 spiro atoms. The van der Waals surface area contributed by atoms with E-state index < -0.39 is 0 Å². The van der Waals surface area contributed by atoms with Crippen LogP contribution in [0, 0.1) is 13.8 Å². The molecular formula is C25H23N3O. The van der Waals surface area contributed by atoms with Crippen molar-refractivity contribution in [3.05, 3.63) is 95.3 Å². The van der Waals surface area contributed by atoms with Crippen LogP contribution in [0.5, 0.6) is 0 Å². The van der Waals surface area contributed by atoms with E-state index in [1.807, 2.05) is 96.4 Å². The number of nitrogens with zero attached hydrogens (tertiary/aromatic N) is 2. The van der Waals surface area contributed by atoms with Gasteiger partial charge in [0.2, 0.25) is 5.91 Å². The zero-order valence-corrected chi connectivity index (χ0v) is 16.6. The molecule has 4 heteroatoms. The molecule has 0 saturated carbocycles. The third kappa shape index (κ3) is 4.27. The van der Waals surface area contributed by atoms with Crippen LogP contribution < -0.4 is 5.32 Å². The number of aromatic nitrogens is 2. The van der Waals surface area contributed by atoms with Gasteiger partial charge in [0.15, 0.2) is 0 Å². The summed E-state index contributed by atoms with van der Waals surface area (Å²) >= 11 is 0. The highest BCUT2D eigenvalue weighted by Crippen LogP contribution is 2.19. The van der Waals surface area contributed by atoms with Crippen molar-refractivity contribution in [2.75, 3.05) is 5.32 Å². The van der Waals surface area contributed by atoms with Crippen molar-refractivity contribution in [1.82, 2.24) is 9.55 Å². The first-order valence-corrected chi connectivity index (χ1v) is 9.66. The maximum atomic E-state index is 12.8. The molecule has 4 nitrogen and oxygen atoms in total. The van der Waals surface area contributed by atoms with Crippen LogP contribution in [0.15, 0.2) is 72.8 Å². The number of carbonyl (C=O) groups excluding carboxylic acids is 1. The van der Waals surface area contributed by atoms with Gasteiger partial charge in [-0.25, -0.2) is 4.98 Å². The molecule has 0 aliphatic rings. The van der Waals surface area contributed by atoms with Gasteiger partial charge in [-0.15, -0.1) is 0 Å². The summed E-state index contributed by atoms with van der Waals surface area (Å²) in [4.78, 5) is 17.5. The zero-order valence-electron chi connectivity index (χ0n) is 16.6. The number of hydrogen-bond donors (Lipinski definition) is 1. The SMILES string of the molecule is Cc1ccc(NC(=O)Cn2c(/C=C/c3ccccc3)nc3ccccc32)cc1C. The van der Waals surface area contributed by atoms with E-state index in [2.05, 4.69) is 12.2 Å². The third-order valence-corrected chi connectivity index (χ3v) is 5.00. The smallest absolute Gasteiger partial charge is 0.244 e. The molecule has 0 unspecified atom stereocenters. The fraction of sp³-hybridized carbons (Fsp3) is 0.120. The minimum absolute atomic E-state index is 0.0780. The van der Waals surface area contributed by atoms with Crippen molar-refractivity contribution in [1.29, 1.82) is 0 Å². The Kier molecular flexibility index (Phi) is 5.25. The van der Waals surface area contributed by atoms with Gasteiger partial charge in [-0.2, -0.15) is 0 Å². The summed E-state index contributed by atoms with van der Waals surface area (Å²) in [6, 6.07) is 23.9. The second-order valence-corrected chi connectivity index (χ2v) is 7.14. The Morgan fingerprint density at radius 3 is 2.48 bits per heavy atom. The normalized spacial score (nSPS) is 11.2. The average Bonchev–Trinajstić information content (AvgIpc) is 3.07. The number of anilines is 1. The summed E-state index contributed by atoms with van der Waals surface area (Å²) in [6.45, 7) is 4.30. The van der Waals surface area contributed by atoms with Crippen LogP contribution in [0.1, 0.15) is 22.5 Å². The third-order valence-electron chi connectivity index (χ3n) is 5.00. The Hall–Kier alpha value is -3.66. The first kappa shape index (κ1) is 18.7. The summed E-state index contributed by atoms with van der Waals surface area (Å²) in [5, 5.41) is 3.00. The fourth-order valence-corrected chi connectivity index (χ4v) is 3.29. The standard InChI is InChI=1S/C25H23N3O/c1-18-12-14-21(16-19(18)2)26-25(29)17-28-23-11-7-6-10-22(23)27-24(28)15-13-20-8-4-3-5-9-20/h3-16H,17H2,1-2H3,(H,26,29)/b15-13+. The first-order valence-electron chi connectivity index (χ1n) is 9.66. The minimum Gasteiger partial charge on any atom is -0.325 e. The molecule has 0 aliphatic heterocycles. The van der Waals surface area contributed by atoms with Gasteiger partial charge in [0.25, 0.3) is 0 Å². The van der Waals surface area contributed by atoms with Crippen molar-refractivity contribution in [2.45, 2.75) is 20.4 Å². The summed E-state index contributed by atoms with van der Waals surface area (Å²) < 4.78 is 1.95. The van der Waals surface area contributed by atoms with Crippen molar-refractivity contribution >= 4 is 34.8 Å². The van der Waals surface area contributed by atoms with Gasteiger partial charge >= 0.3 is 0 Å². The predicted octanol–water partition coefficient (Wildman–Crippen LogP) is 5.46. The quantitative estimate of drug-likeness (QED) is 0.499. The highest BCUT2D eigenvalue weighted by atomic mass is 16.1. The van der Waals surface area contributed by atoms with E-state index in [9.17, 15) is 4.79 Å². The van der Waals surface area contributed by atoms with Crippen molar-refractivity contribution in [3.63, 3.8) is 0 Å². The predicted molar refractivity (Wildman–Crippen MR) is 120 cm³/mol. The number of carbonyl (C=O) groups is 1. The van der Waals surface area contributed by atoms with Gasteiger partial charge in [0.05, 0.1) is 11.0 Å². The Morgan fingerprint density at radius 1 is 0.931 bits per heavy atom. The molecule has 1 aromatic heterocycles. The first-order chi connectivity index (χ1) is 14.1. The number of rotatable bonds is 5. The highest BCUT2D eigenvalue weighted by molar-refractivity contribution is 5.92. The number of amides is 1. The molecule has 0 saturated heterocycles. The molecule has 3 aromatic carbocycles. The Balaban J connectivity index is 1.62. The van der Waals surface area contributed by atoms with E-state index in [4.69, 9.17) is 4.98 Å². The second kappa shape index (κ2) is 8.15. The molecule has 0 atom stereocenters. The summed E-state index contributed by atoms with van der Waals surface area (Å²) in [5.41, 5.74) is 6.07. The van der Waals surface area contributed by atoms with Crippen LogP contribution in [0.25, 0.3) is 23.2 Å². The van der Waals surface area contributed by atoms with Crippen LogP contribution in [0.4, 0.5) is 5.69 Å². The molecule has 0 bridgehead atoms. The zero-order chi connectivity index (χ0) is 20.2. The fourth-order valence-electron chi connectivity index (χ4n) is 3.29. The lowest BCUT2D eigenvalue weighted by atomic mass is 10.1. The van der Waals surface area contributed by atoms with Gasteiger partial charge in [0.1, 0.15) is 12.4 Å². The van der Waals surface area contributed by atoms with Gasteiger partial charge < -0.3 is 9.88 Å². The lowest BCUT2D eigenvalue weighted by molar-refractivity contribution is -0.116. The molecule has 1 N–H and O–H groups in total. The van der Waals surface area contributed by atoms with Gasteiger partial charge in [-0.1, -0.05) is 54.6 Å². The van der Waals surface area contributed by atoms with Crippen LogP contribution in [0.2, 0.25) is 0 Å². The van der Waals surface area contributed by atoms with Crippen molar-refractivity contribution in [2.24, 2.45) is 0 Å². The molecule has 0 fully saturated rings. The van der Waals surface area contributed by atoms with Crippen LogP contribution in [0.3, 0.4) is 0 Å². The maximum absolute atomic E-state index is 12.8. The van der Waals surface area contributed by atoms with Gasteiger partial charge in [-0.05, 0) is 60.9 Å². The van der Waals surface area contributed by atoms with E-state index in [1.54, 1.807) is 0 Å². The number of imidazole rings is 1. The Bertz CT molecular complexity index is 1190. The summed E-state index contributed by atoms with van der Waals surface area (Å²) in [7, 11) is 0. The van der Waals surface area contributed by atoms with E-state index >= 15 is 0 Å². The number of hydrogen-bond acceptors (Lipinski definition) is 2. The summed E-state index contributed by atoms with van der Waals surface area (Å²) in [5.74, 6) is 0.677. The molecule has 29 heavy (non-hydrogen) atoms. The van der Waals surface area contributed by atoms with E-state index in [1.165, 1.54) is 5.56 Å². The largest absolute Gasteiger partial charge is 0.325 e. The molecule has 1 heterocycles. The van der Waals surface area contributed by atoms with E-state index in [-0.39, 0.29) is 12.5 Å². The van der Waals surface area contributed by atoms with Crippen LogP contribution in [-0.4, -0.2) is 15.5 Å². The Labute approximate surface area is 170 Å². The number of fused-ring (bicyclic) bond motifs is 1. The Morgan fingerprint density at radius 2 is 1.69 bits per heavy atom. The lowest BCUT2D eigenvalue weighted by Crippen LogP contribution is -2.19. The number of aryl methyl sites for hydroxylation is 2. The monoisotopic (exact) mass is 381 g/mol. The molecule has 0 radical (unpaired) electrons. The van der Waals surface area contributed by atoms with E-state index in [0.29, 0.717) is 0 Å². The molecule has 144 valence electrons. The summed E-state index contributed by atoms with van der Waals surface area (Å²) in [6.07, 6.45) is 3.97. The second-order valence-electron chi connectivity index (χ2n) is 7.14. The lowest BCUT2D eigenvalue weighted by Gasteiger charge is -2.10. The van der Waals surface area contributed by atoms with Gasteiger partial charge in [-0.3, -0.25) is 4.79 Å². The molecule has 4 rings (SSSR count).